The van der Waals surface area contributed by atoms with Crippen molar-refractivity contribution < 1.29 is 22.7 Å². The molecule has 28 heavy (non-hydrogen) atoms. The molecule has 0 spiro atoms. The third-order valence-corrected chi connectivity index (χ3v) is 5.12. The molecule has 146 valence electrons. The monoisotopic (exact) mass is 409 g/mol. The Morgan fingerprint density at radius 1 is 1.32 bits per heavy atom. The fourth-order valence-electron chi connectivity index (χ4n) is 3.46. The molecular weight excluding hydrogens is 395 g/mol. The predicted molar refractivity (Wildman–Crippen MR) is 98.6 cm³/mol. The molecule has 1 aromatic carbocycles. The second-order valence-electron chi connectivity index (χ2n) is 6.53. The van der Waals surface area contributed by atoms with E-state index < -0.39 is 17.7 Å². The van der Waals surface area contributed by atoms with Crippen molar-refractivity contribution in [2.75, 3.05) is 18.6 Å². The zero-order valence-electron chi connectivity index (χ0n) is 14.7. The number of fused-ring (bicyclic) bond motifs is 3. The summed E-state index contributed by atoms with van der Waals surface area (Å²) in [7, 11) is 1.32. The number of alkyl halides is 3. The number of hydrogen-bond donors (Lipinski definition) is 1. The number of aromatic nitrogens is 2. The van der Waals surface area contributed by atoms with Gasteiger partial charge in [-0.15, -0.1) is 0 Å². The quantitative estimate of drug-likeness (QED) is 0.629. The summed E-state index contributed by atoms with van der Waals surface area (Å²) in [4.78, 5) is 21.0. The fourth-order valence-corrected chi connectivity index (χ4v) is 3.74. The van der Waals surface area contributed by atoms with Crippen molar-refractivity contribution in [1.82, 2.24) is 9.97 Å². The summed E-state index contributed by atoms with van der Waals surface area (Å²) in [6.45, 7) is 0.972. The van der Waals surface area contributed by atoms with Crippen molar-refractivity contribution in [2.45, 2.75) is 19.1 Å². The van der Waals surface area contributed by atoms with Gasteiger partial charge >= 0.3 is 12.1 Å². The second kappa shape index (κ2) is 6.70. The minimum Gasteiger partial charge on any atom is -0.465 e. The smallest absolute Gasteiger partial charge is 0.417 e. The van der Waals surface area contributed by atoms with Crippen molar-refractivity contribution >= 4 is 34.3 Å². The number of nitrogens with one attached hydrogen (secondary N) is 1. The van der Waals surface area contributed by atoms with Crippen molar-refractivity contribution in [1.29, 1.82) is 0 Å². The van der Waals surface area contributed by atoms with Gasteiger partial charge in [0, 0.05) is 47.9 Å². The van der Waals surface area contributed by atoms with Crippen molar-refractivity contribution in [3.63, 3.8) is 0 Å². The van der Waals surface area contributed by atoms with Crippen LogP contribution in [0.5, 0.6) is 0 Å². The molecule has 0 bridgehead atoms. The van der Waals surface area contributed by atoms with E-state index in [1.807, 2.05) is 11.0 Å². The highest BCUT2D eigenvalue weighted by Crippen LogP contribution is 2.36. The number of esters is 1. The SMILES string of the molecule is COC(=O)c1ccc2[nH]c3c(c2c1)CN(c1ncc(C(F)(F)F)cc1Cl)CC3. The average molecular weight is 410 g/mol. The van der Waals surface area contributed by atoms with E-state index in [0.29, 0.717) is 30.9 Å². The molecule has 0 atom stereocenters. The summed E-state index contributed by atoms with van der Waals surface area (Å²) < 4.78 is 43.3. The standard InChI is InChI=1S/C19H15ClF3N3O2/c1-28-18(27)10-2-3-15-12(6-10)13-9-26(5-4-16(13)25-15)17-14(20)7-11(8-24-17)19(21,22)23/h2-3,6-8,25H,4-5,9H2,1H3. The number of pyridine rings is 1. The maximum Gasteiger partial charge on any atom is 0.417 e. The number of methoxy groups -OCH3 is 1. The molecule has 0 unspecified atom stereocenters. The van der Waals surface area contributed by atoms with E-state index in [0.717, 1.165) is 34.4 Å². The molecule has 5 nitrogen and oxygen atoms in total. The lowest BCUT2D eigenvalue weighted by atomic mass is 10.0. The van der Waals surface area contributed by atoms with E-state index in [9.17, 15) is 18.0 Å². The third kappa shape index (κ3) is 3.17. The first-order valence-electron chi connectivity index (χ1n) is 8.47. The molecule has 1 aliphatic rings. The van der Waals surface area contributed by atoms with E-state index >= 15 is 0 Å². The lowest BCUT2D eigenvalue weighted by Crippen LogP contribution is -2.31. The van der Waals surface area contributed by atoms with Crippen molar-refractivity contribution in [3.8, 4) is 0 Å². The number of halogens is 4. The molecule has 2 aromatic heterocycles. The van der Waals surface area contributed by atoms with E-state index in [2.05, 4.69) is 9.97 Å². The lowest BCUT2D eigenvalue weighted by Gasteiger charge is -2.29. The molecule has 0 fully saturated rings. The highest BCUT2D eigenvalue weighted by molar-refractivity contribution is 6.33. The van der Waals surface area contributed by atoms with Gasteiger partial charge in [-0.3, -0.25) is 0 Å². The predicted octanol–water partition coefficient (Wildman–Crippen LogP) is 4.58. The number of nitrogens with zero attached hydrogens (tertiary/aromatic N) is 2. The molecule has 3 aromatic rings. The van der Waals surface area contributed by atoms with Gasteiger partial charge in [-0.25, -0.2) is 9.78 Å². The van der Waals surface area contributed by atoms with Crippen LogP contribution in [0.2, 0.25) is 5.02 Å². The van der Waals surface area contributed by atoms with Gasteiger partial charge in [-0.1, -0.05) is 11.6 Å². The van der Waals surface area contributed by atoms with Crippen molar-refractivity contribution in [2.24, 2.45) is 0 Å². The van der Waals surface area contributed by atoms with Gasteiger partial charge < -0.3 is 14.6 Å². The second-order valence-corrected chi connectivity index (χ2v) is 6.94. The summed E-state index contributed by atoms with van der Waals surface area (Å²) in [5.41, 5.74) is 2.42. The molecule has 0 amide bonds. The Balaban J connectivity index is 1.70. The zero-order valence-corrected chi connectivity index (χ0v) is 15.5. The van der Waals surface area contributed by atoms with E-state index in [-0.39, 0.29) is 5.02 Å². The van der Waals surface area contributed by atoms with E-state index in [1.54, 1.807) is 12.1 Å². The number of carbonyl (C=O) groups is 1. The first-order valence-corrected chi connectivity index (χ1v) is 8.85. The first kappa shape index (κ1) is 18.6. The summed E-state index contributed by atoms with van der Waals surface area (Å²) >= 11 is 6.10. The summed E-state index contributed by atoms with van der Waals surface area (Å²) in [5, 5.41) is 0.819. The molecule has 0 radical (unpaired) electrons. The lowest BCUT2D eigenvalue weighted by molar-refractivity contribution is -0.137. The molecule has 9 heteroatoms. The Labute approximate surface area is 163 Å². The van der Waals surface area contributed by atoms with Gasteiger partial charge in [-0.05, 0) is 24.3 Å². The van der Waals surface area contributed by atoms with Crippen LogP contribution in [0.1, 0.15) is 27.2 Å². The Morgan fingerprint density at radius 2 is 2.11 bits per heavy atom. The number of carbonyl (C=O) groups excluding carboxylic acids is 1. The summed E-state index contributed by atoms with van der Waals surface area (Å²) in [6, 6.07) is 6.14. The van der Waals surface area contributed by atoms with Gasteiger partial charge in [0.25, 0.3) is 0 Å². The van der Waals surface area contributed by atoms with Crippen LogP contribution in [0.15, 0.2) is 30.5 Å². The molecule has 1 N–H and O–H groups in total. The maximum atomic E-state index is 12.8. The average Bonchev–Trinajstić information content (AvgIpc) is 3.03. The Hall–Kier alpha value is -2.74. The van der Waals surface area contributed by atoms with Crippen LogP contribution in [0, 0.1) is 0 Å². The molecule has 0 saturated carbocycles. The fraction of sp³-hybridized carbons (Fsp3) is 0.263. The molecular formula is C19H15ClF3N3O2. The molecule has 0 saturated heterocycles. The van der Waals surface area contributed by atoms with Crippen LogP contribution < -0.4 is 4.90 Å². The number of H-pyrrole nitrogens is 1. The number of aromatic amines is 1. The van der Waals surface area contributed by atoms with Crippen LogP contribution in [-0.4, -0.2) is 29.6 Å². The van der Waals surface area contributed by atoms with Crippen molar-refractivity contribution in [3.05, 3.63) is 57.9 Å². The largest absolute Gasteiger partial charge is 0.465 e. The zero-order chi connectivity index (χ0) is 20.1. The number of benzene rings is 1. The molecule has 3 heterocycles. The minimum atomic E-state index is -4.49. The highest BCUT2D eigenvalue weighted by Gasteiger charge is 2.32. The Bertz CT molecular complexity index is 1080. The van der Waals surface area contributed by atoms with Crippen LogP contribution >= 0.6 is 11.6 Å². The molecule has 1 aliphatic heterocycles. The van der Waals surface area contributed by atoms with E-state index in [4.69, 9.17) is 16.3 Å². The van der Waals surface area contributed by atoms with Crippen LogP contribution in [0.25, 0.3) is 10.9 Å². The third-order valence-electron chi connectivity index (χ3n) is 4.84. The highest BCUT2D eigenvalue weighted by atomic mass is 35.5. The van der Waals surface area contributed by atoms with Crippen LogP contribution in [-0.2, 0) is 23.9 Å². The summed E-state index contributed by atoms with van der Waals surface area (Å²) in [6.07, 6.45) is -3.05. The van der Waals surface area contributed by atoms with Crippen LogP contribution in [0.4, 0.5) is 19.0 Å². The molecule has 4 rings (SSSR count). The van der Waals surface area contributed by atoms with Gasteiger partial charge in [0.05, 0.1) is 23.3 Å². The molecule has 0 aliphatic carbocycles. The normalized spacial score (nSPS) is 14.2. The number of ether oxygens (including phenoxy) is 1. The van der Waals surface area contributed by atoms with Gasteiger partial charge in [-0.2, -0.15) is 13.2 Å². The van der Waals surface area contributed by atoms with Gasteiger partial charge in [0.15, 0.2) is 0 Å². The summed E-state index contributed by atoms with van der Waals surface area (Å²) in [5.74, 6) is -0.129. The van der Waals surface area contributed by atoms with Gasteiger partial charge in [0.2, 0.25) is 0 Å². The topological polar surface area (TPSA) is 58.2 Å². The van der Waals surface area contributed by atoms with Gasteiger partial charge in [0.1, 0.15) is 5.82 Å². The Morgan fingerprint density at radius 3 is 2.79 bits per heavy atom. The Kier molecular flexibility index (Phi) is 4.45. The minimum absolute atomic E-state index is 0.0478. The first-order chi connectivity index (χ1) is 13.3. The number of rotatable bonds is 2. The maximum absolute atomic E-state index is 12.8. The number of hydrogen-bond acceptors (Lipinski definition) is 4. The van der Waals surface area contributed by atoms with Crippen LogP contribution in [0.3, 0.4) is 0 Å². The van der Waals surface area contributed by atoms with E-state index in [1.165, 1.54) is 7.11 Å². The number of anilines is 1.